The highest BCUT2D eigenvalue weighted by atomic mass is 35.5. The molecule has 0 heterocycles. The fourth-order valence-corrected chi connectivity index (χ4v) is 3.87. The molecule has 0 spiro atoms. The number of hydrogen-bond acceptors (Lipinski definition) is 3. The molecule has 4 nitrogen and oxygen atoms in total. The second kappa shape index (κ2) is 6.54. The van der Waals surface area contributed by atoms with Crippen molar-refractivity contribution in [2.45, 2.75) is 4.90 Å². The molecule has 0 saturated carbocycles. The lowest BCUT2D eigenvalue weighted by atomic mass is 10.3. The van der Waals surface area contributed by atoms with Gasteiger partial charge in [-0.15, -0.1) is 0 Å². The Morgan fingerprint density at radius 1 is 1.00 bits per heavy atom. The van der Waals surface area contributed by atoms with Gasteiger partial charge in [-0.2, -0.15) is 0 Å². The second-order valence-corrected chi connectivity index (χ2v) is 7.65. The van der Waals surface area contributed by atoms with Gasteiger partial charge in [0, 0.05) is 17.1 Å². The molecule has 0 amide bonds. The maximum atomic E-state index is 12.6. The van der Waals surface area contributed by atoms with Crippen LogP contribution < -0.4 is 9.04 Å². The maximum absolute atomic E-state index is 12.6. The highest BCUT2D eigenvalue weighted by molar-refractivity contribution is 7.92. The molecule has 2 aromatic rings. The number of anilines is 1. The molecule has 0 bridgehead atoms. The third-order valence-electron chi connectivity index (χ3n) is 2.99. The van der Waals surface area contributed by atoms with Crippen LogP contribution in [0.5, 0.6) is 5.75 Å². The number of hydrogen-bond donors (Lipinski definition) is 0. The minimum Gasteiger partial charge on any atom is -0.495 e. The van der Waals surface area contributed by atoms with Crippen LogP contribution in [0.25, 0.3) is 0 Å². The fourth-order valence-electron chi connectivity index (χ4n) is 1.83. The van der Waals surface area contributed by atoms with Crippen LogP contribution in [0.3, 0.4) is 0 Å². The summed E-state index contributed by atoms with van der Waals surface area (Å²) in [6, 6.07) is 8.79. The van der Waals surface area contributed by atoms with Crippen molar-refractivity contribution < 1.29 is 13.2 Å². The van der Waals surface area contributed by atoms with Gasteiger partial charge in [0.1, 0.15) is 5.75 Å². The first-order valence-electron chi connectivity index (χ1n) is 6.04. The molecule has 0 saturated heterocycles. The average Bonchev–Trinajstić information content (AvgIpc) is 2.45. The van der Waals surface area contributed by atoms with Gasteiger partial charge in [0.2, 0.25) is 0 Å². The van der Waals surface area contributed by atoms with E-state index in [1.807, 2.05) is 0 Å². The van der Waals surface area contributed by atoms with Gasteiger partial charge in [0.05, 0.1) is 22.7 Å². The summed E-state index contributed by atoms with van der Waals surface area (Å²) in [5.41, 5.74) is 0.351. The third-order valence-corrected chi connectivity index (χ3v) is 5.51. The monoisotopic (exact) mass is 379 g/mol. The Bertz CT molecular complexity index is 789. The van der Waals surface area contributed by atoms with Gasteiger partial charge in [0.15, 0.2) is 0 Å². The Kier molecular flexibility index (Phi) is 5.12. The highest BCUT2D eigenvalue weighted by Gasteiger charge is 2.23. The van der Waals surface area contributed by atoms with E-state index in [1.165, 1.54) is 50.6 Å². The Morgan fingerprint density at radius 3 is 2.09 bits per heavy atom. The molecule has 118 valence electrons. The number of methoxy groups -OCH3 is 1. The van der Waals surface area contributed by atoms with Crippen LogP contribution in [0, 0.1) is 0 Å². The molecular formula is C14H12Cl3NO3S. The predicted octanol–water partition coefficient (Wildman–Crippen LogP) is 4.48. The summed E-state index contributed by atoms with van der Waals surface area (Å²) in [5.74, 6) is 0.397. The SMILES string of the molecule is COc1ccc(S(=O)(=O)N(C)c2cc(Cl)cc(Cl)c2)cc1Cl. The molecule has 0 radical (unpaired) electrons. The quantitative estimate of drug-likeness (QED) is 0.785. The molecule has 8 heteroatoms. The van der Waals surface area contributed by atoms with Gasteiger partial charge >= 0.3 is 0 Å². The van der Waals surface area contributed by atoms with Crippen LogP contribution in [0.1, 0.15) is 0 Å². The van der Waals surface area contributed by atoms with Crippen molar-refractivity contribution >= 4 is 50.5 Å². The van der Waals surface area contributed by atoms with Crippen molar-refractivity contribution in [1.29, 1.82) is 0 Å². The van der Waals surface area contributed by atoms with Gasteiger partial charge in [-0.3, -0.25) is 4.31 Å². The molecule has 0 unspecified atom stereocenters. The van der Waals surface area contributed by atoms with E-state index >= 15 is 0 Å². The van der Waals surface area contributed by atoms with Crippen LogP contribution in [0.15, 0.2) is 41.3 Å². The highest BCUT2D eigenvalue weighted by Crippen LogP contribution is 2.31. The Labute approximate surface area is 144 Å². The minimum atomic E-state index is -3.80. The number of ether oxygens (including phenoxy) is 1. The smallest absolute Gasteiger partial charge is 0.264 e. The van der Waals surface area contributed by atoms with Crippen molar-refractivity contribution in [2.24, 2.45) is 0 Å². The van der Waals surface area contributed by atoms with Crippen molar-refractivity contribution in [3.8, 4) is 5.75 Å². The summed E-state index contributed by atoms with van der Waals surface area (Å²) < 4.78 is 31.4. The van der Waals surface area contributed by atoms with E-state index in [-0.39, 0.29) is 9.92 Å². The maximum Gasteiger partial charge on any atom is 0.264 e. The number of sulfonamides is 1. The van der Waals surface area contributed by atoms with Crippen LogP contribution in [0.4, 0.5) is 5.69 Å². The summed E-state index contributed by atoms with van der Waals surface area (Å²) in [6.45, 7) is 0. The lowest BCUT2D eigenvalue weighted by Crippen LogP contribution is -2.26. The standard InChI is InChI=1S/C14H12Cl3NO3S/c1-18(11-6-9(15)5-10(16)7-11)22(19,20)12-3-4-14(21-2)13(17)8-12/h3-8H,1-2H3. The van der Waals surface area contributed by atoms with Crippen molar-refractivity contribution in [2.75, 3.05) is 18.5 Å². The van der Waals surface area contributed by atoms with E-state index in [0.29, 0.717) is 21.5 Å². The molecule has 22 heavy (non-hydrogen) atoms. The molecule has 0 aliphatic rings. The van der Waals surface area contributed by atoms with E-state index in [1.54, 1.807) is 0 Å². The van der Waals surface area contributed by atoms with Gasteiger partial charge in [-0.1, -0.05) is 34.8 Å². The average molecular weight is 381 g/mol. The number of halogens is 3. The van der Waals surface area contributed by atoms with Crippen LogP contribution >= 0.6 is 34.8 Å². The fraction of sp³-hybridized carbons (Fsp3) is 0.143. The first kappa shape index (κ1) is 17.2. The molecule has 2 aromatic carbocycles. The summed E-state index contributed by atoms with van der Waals surface area (Å²) in [7, 11) is -0.931. The summed E-state index contributed by atoms with van der Waals surface area (Å²) in [5, 5.41) is 0.899. The van der Waals surface area contributed by atoms with Crippen molar-refractivity contribution in [1.82, 2.24) is 0 Å². The molecule has 0 aliphatic heterocycles. The molecule has 0 atom stereocenters. The molecular weight excluding hydrogens is 369 g/mol. The normalized spacial score (nSPS) is 11.3. The third kappa shape index (κ3) is 3.43. The molecule has 0 fully saturated rings. The van der Waals surface area contributed by atoms with E-state index in [4.69, 9.17) is 39.5 Å². The first-order chi connectivity index (χ1) is 10.3. The van der Waals surface area contributed by atoms with Crippen LogP contribution in [0.2, 0.25) is 15.1 Å². The minimum absolute atomic E-state index is 0.0388. The topological polar surface area (TPSA) is 46.6 Å². The predicted molar refractivity (Wildman–Crippen MR) is 90.1 cm³/mol. The first-order valence-corrected chi connectivity index (χ1v) is 8.61. The Morgan fingerprint density at radius 2 is 1.59 bits per heavy atom. The van der Waals surface area contributed by atoms with E-state index in [0.717, 1.165) is 4.31 Å². The van der Waals surface area contributed by atoms with Crippen LogP contribution in [-0.2, 0) is 10.0 Å². The van der Waals surface area contributed by atoms with Gasteiger partial charge in [-0.25, -0.2) is 8.42 Å². The molecule has 0 aliphatic carbocycles. The lowest BCUT2D eigenvalue weighted by molar-refractivity contribution is 0.414. The number of benzene rings is 2. The summed E-state index contributed by atoms with van der Waals surface area (Å²) in [4.78, 5) is 0.0388. The van der Waals surface area contributed by atoms with Crippen molar-refractivity contribution in [3.05, 3.63) is 51.5 Å². The van der Waals surface area contributed by atoms with E-state index < -0.39 is 10.0 Å². The Hall–Kier alpha value is -1.14. The van der Waals surface area contributed by atoms with Crippen LogP contribution in [-0.4, -0.2) is 22.6 Å². The molecule has 0 N–H and O–H groups in total. The zero-order valence-corrected chi connectivity index (χ0v) is 14.8. The van der Waals surface area contributed by atoms with Crippen molar-refractivity contribution in [3.63, 3.8) is 0 Å². The summed E-state index contributed by atoms with van der Waals surface area (Å²) >= 11 is 17.8. The van der Waals surface area contributed by atoms with Gasteiger partial charge < -0.3 is 4.74 Å². The van der Waals surface area contributed by atoms with E-state index in [9.17, 15) is 8.42 Å². The van der Waals surface area contributed by atoms with E-state index in [2.05, 4.69) is 0 Å². The zero-order valence-electron chi connectivity index (χ0n) is 11.7. The number of nitrogens with zero attached hydrogens (tertiary/aromatic N) is 1. The summed E-state index contributed by atoms with van der Waals surface area (Å²) in [6.07, 6.45) is 0. The van der Waals surface area contributed by atoms with Gasteiger partial charge in [-0.05, 0) is 36.4 Å². The number of rotatable bonds is 4. The van der Waals surface area contributed by atoms with Gasteiger partial charge in [0.25, 0.3) is 10.0 Å². The molecule has 2 rings (SSSR count). The lowest BCUT2D eigenvalue weighted by Gasteiger charge is -2.20. The molecule has 0 aromatic heterocycles. The largest absolute Gasteiger partial charge is 0.495 e. The second-order valence-electron chi connectivity index (χ2n) is 4.40. The zero-order chi connectivity index (χ0) is 16.5. The Balaban J connectivity index is 2.47.